The molecule has 1 amide bonds. The summed E-state index contributed by atoms with van der Waals surface area (Å²) in [6, 6.07) is 8.38. The number of benzene rings is 1. The monoisotopic (exact) mass is 357 g/mol. The van der Waals surface area contributed by atoms with Crippen molar-refractivity contribution in [3.05, 3.63) is 40.4 Å². The molecule has 25 heavy (non-hydrogen) atoms. The van der Waals surface area contributed by atoms with E-state index in [9.17, 15) is 4.79 Å². The maximum absolute atomic E-state index is 13.0. The number of hydrogen-bond donors (Lipinski definition) is 0. The van der Waals surface area contributed by atoms with Gasteiger partial charge < -0.3 is 9.80 Å². The number of thiazole rings is 1. The predicted molar refractivity (Wildman–Crippen MR) is 104 cm³/mol. The van der Waals surface area contributed by atoms with Crippen LogP contribution in [0.3, 0.4) is 0 Å². The van der Waals surface area contributed by atoms with Crippen molar-refractivity contribution >= 4 is 17.2 Å². The van der Waals surface area contributed by atoms with Crippen molar-refractivity contribution in [1.82, 2.24) is 14.8 Å². The number of rotatable bonds is 4. The van der Waals surface area contributed by atoms with Crippen molar-refractivity contribution < 1.29 is 4.79 Å². The highest BCUT2D eigenvalue weighted by atomic mass is 32.1. The lowest BCUT2D eigenvalue weighted by atomic mass is 9.98. The summed E-state index contributed by atoms with van der Waals surface area (Å²) in [6.45, 7) is 13.1. The van der Waals surface area contributed by atoms with Crippen LogP contribution < -0.4 is 0 Å². The third kappa shape index (κ3) is 3.77. The molecule has 1 aromatic heterocycles. The van der Waals surface area contributed by atoms with Gasteiger partial charge in [-0.1, -0.05) is 45.0 Å². The minimum Gasteiger partial charge on any atom is -0.335 e. The zero-order chi connectivity index (χ0) is 18.0. The van der Waals surface area contributed by atoms with E-state index in [2.05, 4.69) is 43.9 Å². The van der Waals surface area contributed by atoms with Gasteiger partial charge in [-0.3, -0.25) is 4.79 Å². The molecule has 0 N–H and O–H groups in total. The number of aromatic nitrogens is 1. The molecule has 2 heterocycles. The third-order valence-electron chi connectivity index (χ3n) is 4.91. The van der Waals surface area contributed by atoms with E-state index in [0.717, 1.165) is 53.9 Å². The van der Waals surface area contributed by atoms with E-state index in [1.807, 2.05) is 17.9 Å². The number of nitrogens with zero attached hydrogens (tertiary/aromatic N) is 3. The van der Waals surface area contributed by atoms with E-state index in [1.54, 1.807) is 0 Å². The minimum atomic E-state index is 0.138. The first-order chi connectivity index (χ1) is 12.0. The van der Waals surface area contributed by atoms with Crippen LogP contribution in [0.1, 0.15) is 47.6 Å². The Morgan fingerprint density at radius 3 is 2.52 bits per heavy atom. The quantitative estimate of drug-likeness (QED) is 0.829. The molecule has 0 saturated carbocycles. The van der Waals surface area contributed by atoms with E-state index in [0.29, 0.717) is 5.92 Å². The molecule has 0 spiro atoms. The Morgan fingerprint density at radius 2 is 1.88 bits per heavy atom. The van der Waals surface area contributed by atoms with Crippen molar-refractivity contribution in [3.8, 4) is 10.6 Å². The first-order valence-electron chi connectivity index (χ1n) is 9.09. The van der Waals surface area contributed by atoms with Crippen molar-refractivity contribution in [2.45, 2.75) is 33.6 Å². The molecule has 5 heteroatoms. The Hall–Kier alpha value is -1.72. The van der Waals surface area contributed by atoms with E-state index < -0.39 is 0 Å². The van der Waals surface area contributed by atoms with Gasteiger partial charge in [-0.2, -0.15) is 0 Å². The minimum absolute atomic E-state index is 0.138. The van der Waals surface area contributed by atoms with Gasteiger partial charge in [0.25, 0.3) is 5.91 Å². The summed E-state index contributed by atoms with van der Waals surface area (Å²) < 4.78 is 0. The molecule has 0 bridgehead atoms. The molecule has 0 radical (unpaired) electrons. The summed E-state index contributed by atoms with van der Waals surface area (Å²) in [5.74, 6) is 0.570. The van der Waals surface area contributed by atoms with Crippen LogP contribution in [0, 0.1) is 6.92 Å². The van der Waals surface area contributed by atoms with E-state index in [1.165, 1.54) is 16.9 Å². The van der Waals surface area contributed by atoms with Crippen LogP contribution in [-0.2, 0) is 0 Å². The second-order valence-electron chi connectivity index (χ2n) is 6.90. The summed E-state index contributed by atoms with van der Waals surface area (Å²) in [7, 11) is 0. The van der Waals surface area contributed by atoms with Gasteiger partial charge in [0.15, 0.2) is 0 Å². The molecule has 134 valence electrons. The maximum Gasteiger partial charge on any atom is 0.265 e. The van der Waals surface area contributed by atoms with Crippen LogP contribution in [0.5, 0.6) is 0 Å². The second-order valence-corrected chi connectivity index (χ2v) is 7.90. The number of carbonyl (C=O) groups excluding carboxylic acids is 1. The first kappa shape index (κ1) is 18.1. The van der Waals surface area contributed by atoms with Gasteiger partial charge in [-0.15, -0.1) is 11.3 Å². The molecule has 0 aliphatic carbocycles. The van der Waals surface area contributed by atoms with Gasteiger partial charge in [0, 0.05) is 31.7 Å². The molecule has 1 aliphatic rings. The normalized spacial score (nSPS) is 15.8. The number of piperazine rings is 1. The molecule has 2 aromatic rings. The van der Waals surface area contributed by atoms with Gasteiger partial charge in [-0.05, 0) is 24.9 Å². The summed E-state index contributed by atoms with van der Waals surface area (Å²) in [5.41, 5.74) is 3.29. The first-order valence-corrected chi connectivity index (χ1v) is 9.91. The van der Waals surface area contributed by atoms with Gasteiger partial charge in [0.05, 0.1) is 5.69 Å². The fourth-order valence-corrected chi connectivity index (χ4v) is 4.40. The number of carbonyl (C=O) groups is 1. The Bertz CT molecular complexity index is 745. The van der Waals surface area contributed by atoms with Crippen molar-refractivity contribution in [3.63, 3.8) is 0 Å². The third-order valence-corrected chi connectivity index (χ3v) is 6.09. The standard InChI is InChI=1S/C20H27N3OS/c1-5-22-10-12-23(13-11-22)20(24)18-15(4)21-19(25-18)17-9-7-6-8-16(17)14(2)3/h6-9,14H,5,10-13H2,1-4H3. The second kappa shape index (κ2) is 7.67. The highest BCUT2D eigenvalue weighted by Gasteiger charge is 2.25. The van der Waals surface area contributed by atoms with Crippen LogP contribution in [-0.4, -0.2) is 53.4 Å². The lowest BCUT2D eigenvalue weighted by molar-refractivity contribution is 0.0647. The zero-order valence-electron chi connectivity index (χ0n) is 15.6. The van der Waals surface area contributed by atoms with Crippen LogP contribution in [0.15, 0.2) is 24.3 Å². The fourth-order valence-electron chi connectivity index (χ4n) is 3.32. The average molecular weight is 358 g/mol. The van der Waals surface area contributed by atoms with Crippen molar-refractivity contribution in [2.24, 2.45) is 0 Å². The van der Waals surface area contributed by atoms with Crippen LogP contribution in [0.25, 0.3) is 10.6 Å². The average Bonchev–Trinajstić information content (AvgIpc) is 3.02. The number of amides is 1. The van der Waals surface area contributed by atoms with Gasteiger partial charge >= 0.3 is 0 Å². The zero-order valence-corrected chi connectivity index (χ0v) is 16.4. The molecule has 4 nitrogen and oxygen atoms in total. The molecule has 1 fully saturated rings. The Labute approximate surface area is 154 Å². The Kier molecular flexibility index (Phi) is 5.54. The number of hydrogen-bond acceptors (Lipinski definition) is 4. The Balaban J connectivity index is 1.85. The molecule has 1 saturated heterocycles. The van der Waals surface area contributed by atoms with Gasteiger partial charge in [0.1, 0.15) is 9.88 Å². The summed E-state index contributed by atoms with van der Waals surface area (Å²) in [4.78, 5) is 22.8. The molecular weight excluding hydrogens is 330 g/mol. The molecule has 0 atom stereocenters. The predicted octanol–water partition coefficient (Wildman–Crippen LogP) is 4.02. The van der Waals surface area contributed by atoms with Crippen LogP contribution in [0.2, 0.25) is 0 Å². The highest BCUT2D eigenvalue weighted by Crippen LogP contribution is 2.34. The fraction of sp³-hybridized carbons (Fsp3) is 0.500. The molecule has 3 rings (SSSR count). The molecule has 1 aliphatic heterocycles. The summed E-state index contributed by atoms with van der Waals surface area (Å²) in [5, 5.41) is 0.956. The van der Waals surface area contributed by atoms with Gasteiger partial charge in [-0.25, -0.2) is 4.98 Å². The molecule has 0 unspecified atom stereocenters. The van der Waals surface area contributed by atoms with Crippen LogP contribution >= 0.6 is 11.3 Å². The smallest absolute Gasteiger partial charge is 0.265 e. The molecular formula is C20H27N3OS. The summed E-state index contributed by atoms with van der Waals surface area (Å²) in [6.07, 6.45) is 0. The Morgan fingerprint density at radius 1 is 1.20 bits per heavy atom. The summed E-state index contributed by atoms with van der Waals surface area (Å²) >= 11 is 1.54. The van der Waals surface area contributed by atoms with Crippen LogP contribution in [0.4, 0.5) is 0 Å². The van der Waals surface area contributed by atoms with E-state index >= 15 is 0 Å². The lowest BCUT2D eigenvalue weighted by Crippen LogP contribution is -2.48. The molecule has 1 aromatic carbocycles. The number of likely N-dealkylation sites (N-methyl/N-ethyl adjacent to an activating group) is 1. The van der Waals surface area contributed by atoms with Crippen molar-refractivity contribution in [1.29, 1.82) is 0 Å². The number of aryl methyl sites for hydroxylation is 1. The van der Waals surface area contributed by atoms with Crippen molar-refractivity contribution in [2.75, 3.05) is 32.7 Å². The largest absolute Gasteiger partial charge is 0.335 e. The van der Waals surface area contributed by atoms with E-state index in [4.69, 9.17) is 4.98 Å². The lowest BCUT2D eigenvalue weighted by Gasteiger charge is -2.33. The maximum atomic E-state index is 13.0. The van der Waals surface area contributed by atoms with E-state index in [-0.39, 0.29) is 5.91 Å². The topological polar surface area (TPSA) is 36.4 Å². The van der Waals surface area contributed by atoms with Gasteiger partial charge in [0.2, 0.25) is 0 Å². The SMILES string of the molecule is CCN1CCN(C(=O)c2sc(-c3ccccc3C(C)C)nc2C)CC1. The highest BCUT2D eigenvalue weighted by molar-refractivity contribution is 7.17.